The predicted octanol–water partition coefficient (Wildman–Crippen LogP) is 0.413. The van der Waals surface area contributed by atoms with E-state index in [0.29, 0.717) is 0 Å². The van der Waals surface area contributed by atoms with Gasteiger partial charge in [0.05, 0.1) is 18.7 Å². The van der Waals surface area contributed by atoms with Crippen LogP contribution in [0.15, 0.2) is 0 Å². The summed E-state index contributed by atoms with van der Waals surface area (Å²) in [5.41, 5.74) is 0. The molecule has 0 aliphatic carbocycles. The number of ether oxygens (including phenoxy) is 1. The highest BCUT2D eigenvalue weighted by molar-refractivity contribution is 6.28. The molecule has 0 unspecified atom stereocenters. The molecular formula is C6H9BClFO2. The summed E-state index contributed by atoms with van der Waals surface area (Å²) in [6.45, 7) is 1.30. The van der Waals surface area contributed by atoms with Gasteiger partial charge >= 0.3 is 0 Å². The monoisotopic (exact) mass is 178 g/mol. The molecule has 0 aromatic heterocycles. The van der Waals surface area contributed by atoms with Gasteiger partial charge in [-0.3, -0.25) is 0 Å². The van der Waals surface area contributed by atoms with Gasteiger partial charge in [-0.1, -0.05) is 18.5 Å². The molecule has 2 nitrogen and oxygen atoms in total. The van der Waals surface area contributed by atoms with Crippen LogP contribution in [0.4, 0.5) is 4.39 Å². The van der Waals surface area contributed by atoms with E-state index in [1.54, 1.807) is 6.92 Å². The molecule has 0 aromatic carbocycles. The molecule has 1 fully saturated rings. The van der Waals surface area contributed by atoms with E-state index < -0.39 is 23.2 Å². The van der Waals surface area contributed by atoms with E-state index in [4.69, 9.17) is 29.3 Å². The molecule has 1 aliphatic rings. The van der Waals surface area contributed by atoms with Crippen LogP contribution in [0.5, 0.6) is 0 Å². The van der Waals surface area contributed by atoms with Gasteiger partial charge < -0.3 is 9.84 Å². The first kappa shape index (κ1) is 9.29. The molecule has 62 valence electrons. The van der Waals surface area contributed by atoms with Gasteiger partial charge in [0.2, 0.25) is 5.13 Å². The maximum Gasteiger partial charge on any atom is 0.205 e. The number of hydrogen-bond donors (Lipinski definition) is 1. The SMILES string of the molecule is [B][C@@H]1O[C@H](CO)[C@@H](C)[C@]1(F)Cl. The molecule has 5 heteroatoms. The Balaban J connectivity index is 2.71. The Bertz CT molecular complexity index is 156. The van der Waals surface area contributed by atoms with E-state index in [9.17, 15) is 4.39 Å². The molecule has 1 heterocycles. The minimum Gasteiger partial charge on any atom is -0.394 e. The summed E-state index contributed by atoms with van der Waals surface area (Å²) in [5, 5.41) is 6.63. The van der Waals surface area contributed by atoms with E-state index in [1.807, 2.05) is 0 Å². The molecule has 0 saturated carbocycles. The highest BCUT2D eigenvalue weighted by Crippen LogP contribution is 2.41. The van der Waals surface area contributed by atoms with Crippen molar-refractivity contribution in [2.45, 2.75) is 24.2 Å². The van der Waals surface area contributed by atoms with Gasteiger partial charge in [-0.05, 0) is 0 Å². The van der Waals surface area contributed by atoms with Crippen LogP contribution in [-0.2, 0) is 4.74 Å². The Morgan fingerprint density at radius 3 is 2.55 bits per heavy atom. The fourth-order valence-corrected chi connectivity index (χ4v) is 1.30. The minimum absolute atomic E-state index is 0.257. The smallest absolute Gasteiger partial charge is 0.205 e. The lowest BCUT2D eigenvalue weighted by Crippen LogP contribution is -2.33. The van der Waals surface area contributed by atoms with Crippen LogP contribution in [0.1, 0.15) is 6.92 Å². The molecule has 2 radical (unpaired) electrons. The van der Waals surface area contributed by atoms with Crippen molar-refractivity contribution >= 4 is 19.4 Å². The first-order valence-electron chi connectivity index (χ1n) is 3.40. The molecule has 1 aliphatic heterocycles. The maximum absolute atomic E-state index is 13.2. The molecule has 0 amide bonds. The topological polar surface area (TPSA) is 29.5 Å². The van der Waals surface area contributed by atoms with Gasteiger partial charge in [-0.15, -0.1) is 0 Å². The van der Waals surface area contributed by atoms with E-state index in [0.717, 1.165) is 0 Å². The van der Waals surface area contributed by atoms with Crippen molar-refractivity contribution < 1.29 is 14.2 Å². The summed E-state index contributed by atoms with van der Waals surface area (Å²) in [5.74, 6) is -0.579. The maximum atomic E-state index is 13.2. The largest absolute Gasteiger partial charge is 0.394 e. The molecule has 0 bridgehead atoms. The second-order valence-corrected chi connectivity index (χ2v) is 3.32. The van der Waals surface area contributed by atoms with E-state index in [2.05, 4.69) is 0 Å². The third kappa shape index (κ3) is 1.39. The van der Waals surface area contributed by atoms with Crippen molar-refractivity contribution in [3.63, 3.8) is 0 Å². The fraction of sp³-hybridized carbons (Fsp3) is 1.00. The summed E-state index contributed by atoms with van der Waals surface area (Å²) in [6, 6.07) is -1.14. The summed E-state index contributed by atoms with van der Waals surface area (Å²) in [4.78, 5) is 0. The average molecular weight is 178 g/mol. The zero-order chi connectivity index (χ0) is 8.65. The molecule has 1 saturated heterocycles. The van der Waals surface area contributed by atoms with Crippen molar-refractivity contribution in [2.75, 3.05) is 6.61 Å². The Morgan fingerprint density at radius 1 is 1.82 bits per heavy atom. The highest BCUT2D eigenvalue weighted by Gasteiger charge is 2.51. The summed E-state index contributed by atoms with van der Waals surface area (Å²) in [6.07, 6.45) is -0.590. The molecule has 1 rings (SSSR count). The zero-order valence-corrected chi connectivity index (χ0v) is 6.88. The van der Waals surface area contributed by atoms with Crippen molar-refractivity contribution in [3.8, 4) is 0 Å². The van der Waals surface area contributed by atoms with Crippen molar-refractivity contribution in [2.24, 2.45) is 5.92 Å². The van der Waals surface area contributed by atoms with Crippen LogP contribution < -0.4 is 0 Å². The molecule has 0 spiro atoms. The number of aliphatic hydroxyl groups is 1. The van der Waals surface area contributed by atoms with Crippen LogP contribution in [-0.4, -0.2) is 36.8 Å². The number of aliphatic hydroxyl groups excluding tert-OH is 1. The number of hydrogen-bond acceptors (Lipinski definition) is 2. The normalized spacial score (nSPS) is 51.5. The average Bonchev–Trinajstić information content (AvgIpc) is 2.14. The van der Waals surface area contributed by atoms with Crippen LogP contribution in [0.25, 0.3) is 0 Å². The second kappa shape index (κ2) is 2.92. The Hall–Kier alpha value is 0.205. The first-order valence-corrected chi connectivity index (χ1v) is 3.77. The van der Waals surface area contributed by atoms with Crippen LogP contribution in [0.2, 0.25) is 0 Å². The van der Waals surface area contributed by atoms with Gasteiger partial charge in [0.15, 0.2) is 0 Å². The van der Waals surface area contributed by atoms with Crippen molar-refractivity contribution in [1.82, 2.24) is 0 Å². The lowest BCUT2D eigenvalue weighted by Gasteiger charge is -2.19. The van der Waals surface area contributed by atoms with Crippen molar-refractivity contribution in [3.05, 3.63) is 0 Å². The van der Waals surface area contributed by atoms with Crippen LogP contribution in [0.3, 0.4) is 0 Å². The highest BCUT2D eigenvalue weighted by atomic mass is 35.5. The molecule has 4 atom stereocenters. The van der Waals surface area contributed by atoms with E-state index >= 15 is 0 Å². The van der Waals surface area contributed by atoms with Gasteiger partial charge in [-0.25, -0.2) is 4.39 Å². The third-order valence-electron chi connectivity index (χ3n) is 2.05. The molecular weight excluding hydrogens is 169 g/mol. The number of rotatable bonds is 1. The van der Waals surface area contributed by atoms with Gasteiger partial charge in [0.1, 0.15) is 7.85 Å². The van der Waals surface area contributed by atoms with E-state index in [1.165, 1.54) is 0 Å². The Kier molecular flexibility index (Phi) is 2.47. The fourth-order valence-electron chi connectivity index (χ4n) is 1.10. The first-order chi connectivity index (χ1) is 5.00. The predicted molar refractivity (Wildman–Crippen MR) is 40.4 cm³/mol. The lowest BCUT2D eigenvalue weighted by molar-refractivity contribution is 0.0269. The van der Waals surface area contributed by atoms with Crippen LogP contribution >= 0.6 is 11.6 Å². The lowest BCUT2D eigenvalue weighted by atomic mass is 9.89. The molecule has 1 N–H and O–H groups in total. The quantitative estimate of drug-likeness (QED) is 0.466. The zero-order valence-electron chi connectivity index (χ0n) is 6.13. The number of halogens is 2. The minimum atomic E-state index is -2.05. The van der Waals surface area contributed by atoms with Gasteiger partial charge in [0.25, 0.3) is 0 Å². The molecule has 11 heavy (non-hydrogen) atoms. The van der Waals surface area contributed by atoms with Gasteiger partial charge in [-0.2, -0.15) is 0 Å². The van der Waals surface area contributed by atoms with Crippen molar-refractivity contribution in [1.29, 1.82) is 0 Å². The third-order valence-corrected chi connectivity index (χ3v) is 2.60. The van der Waals surface area contributed by atoms with Gasteiger partial charge in [0, 0.05) is 5.92 Å². The van der Waals surface area contributed by atoms with Crippen LogP contribution in [0, 0.1) is 5.92 Å². The van der Waals surface area contributed by atoms with E-state index in [-0.39, 0.29) is 6.61 Å². The Morgan fingerprint density at radius 2 is 2.36 bits per heavy atom. The molecule has 0 aromatic rings. The Labute approximate surface area is 71.1 Å². The number of alkyl halides is 2. The summed E-state index contributed by atoms with van der Waals surface area (Å²) >= 11 is 5.41. The summed E-state index contributed by atoms with van der Waals surface area (Å²) < 4.78 is 18.1. The second-order valence-electron chi connectivity index (χ2n) is 2.74. The standard InChI is InChI=1S/C6H9BClFO2/c1-3-4(2-10)11-5(7)6(3,8)9/h3-5,10H,2H2,1H3/t3-,4-,5-,6-/m1/s1. The summed E-state index contributed by atoms with van der Waals surface area (Å²) in [7, 11) is 5.23.